The lowest BCUT2D eigenvalue weighted by atomic mass is 10.00. The lowest BCUT2D eigenvalue weighted by molar-refractivity contribution is -0.122. The van der Waals surface area contributed by atoms with Crippen LogP contribution in [0.15, 0.2) is 42.5 Å². The average molecular weight is 339 g/mol. The Labute approximate surface area is 146 Å². The maximum absolute atomic E-state index is 12.4. The number of para-hydroxylation sites is 1. The molecular weight excluding hydrogens is 318 g/mol. The van der Waals surface area contributed by atoms with Crippen LogP contribution in [0, 0.1) is 0 Å². The Hall–Kier alpha value is -2.69. The van der Waals surface area contributed by atoms with Gasteiger partial charge in [-0.25, -0.2) is 0 Å². The molecule has 1 atom stereocenters. The number of amides is 1. The molecule has 0 spiro atoms. The number of fused-ring (bicyclic) bond motifs is 2. The van der Waals surface area contributed by atoms with Gasteiger partial charge in [-0.15, -0.1) is 0 Å². The fraction of sp³-hybridized carbons (Fsp3) is 0.350. The van der Waals surface area contributed by atoms with Gasteiger partial charge in [0.15, 0.2) is 11.5 Å². The predicted octanol–water partition coefficient (Wildman–Crippen LogP) is 3.03. The van der Waals surface area contributed by atoms with Crippen molar-refractivity contribution in [2.75, 3.05) is 19.8 Å². The van der Waals surface area contributed by atoms with Crippen molar-refractivity contribution in [1.29, 1.82) is 0 Å². The number of hydrogen-bond acceptors (Lipinski definition) is 4. The quantitative estimate of drug-likeness (QED) is 0.930. The third-order valence-corrected chi connectivity index (χ3v) is 4.54. The van der Waals surface area contributed by atoms with Gasteiger partial charge in [0.05, 0.1) is 12.6 Å². The first-order valence-corrected chi connectivity index (χ1v) is 8.69. The highest BCUT2D eigenvalue weighted by Crippen LogP contribution is 2.32. The van der Waals surface area contributed by atoms with E-state index in [0.29, 0.717) is 32.7 Å². The summed E-state index contributed by atoms with van der Waals surface area (Å²) in [5, 5.41) is 3.13. The van der Waals surface area contributed by atoms with Crippen LogP contribution in [0.5, 0.6) is 17.2 Å². The molecule has 2 aliphatic rings. The van der Waals surface area contributed by atoms with Gasteiger partial charge in [-0.1, -0.05) is 24.3 Å². The number of hydrogen-bond donors (Lipinski definition) is 1. The van der Waals surface area contributed by atoms with Crippen LogP contribution in [-0.2, 0) is 11.2 Å². The van der Waals surface area contributed by atoms with E-state index in [2.05, 4.69) is 5.32 Å². The Balaban J connectivity index is 1.36. The second-order valence-corrected chi connectivity index (χ2v) is 6.27. The molecule has 130 valence electrons. The highest BCUT2D eigenvalue weighted by molar-refractivity contribution is 5.77. The van der Waals surface area contributed by atoms with Crippen LogP contribution in [-0.4, -0.2) is 25.7 Å². The van der Waals surface area contributed by atoms with Crippen molar-refractivity contribution in [3.63, 3.8) is 0 Å². The second kappa shape index (κ2) is 7.05. The number of carbonyl (C=O) groups is 1. The highest BCUT2D eigenvalue weighted by atomic mass is 16.6. The van der Waals surface area contributed by atoms with Crippen LogP contribution in [0.4, 0.5) is 0 Å². The molecule has 5 nitrogen and oxygen atoms in total. The normalized spacial score (nSPS) is 18.0. The van der Waals surface area contributed by atoms with Gasteiger partial charge in [0, 0.05) is 18.4 Å². The number of carbonyl (C=O) groups excluding carboxylic acids is 1. The van der Waals surface area contributed by atoms with E-state index in [4.69, 9.17) is 14.2 Å². The summed E-state index contributed by atoms with van der Waals surface area (Å²) in [5.74, 6) is 2.46. The lowest BCUT2D eigenvalue weighted by Gasteiger charge is -2.26. The number of ether oxygens (including phenoxy) is 3. The Morgan fingerprint density at radius 2 is 1.76 bits per heavy atom. The zero-order chi connectivity index (χ0) is 17.1. The van der Waals surface area contributed by atoms with Crippen molar-refractivity contribution in [1.82, 2.24) is 5.32 Å². The van der Waals surface area contributed by atoms with E-state index in [1.807, 2.05) is 42.5 Å². The average Bonchev–Trinajstić information content (AvgIpc) is 2.66. The predicted molar refractivity (Wildman–Crippen MR) is 93.2 cm³/mol. The minimum Gasteiger partial charge on any atom is -0.493 e. The number of nitrogens with one attached hydrogen (secondary N) is 1. The number of benzene rings is 2. The Morgan fingerprint density at radius 3 is 2.68 bits per heavy atom. The Bertz CT molecular complexity index is 774. The van der Waals surface area contributed by atoms with E-state index in [1.165, 1.54) is 0 Å². The second-order valence-electron chi connectivity index (χ2n) is 6.27. The standard InChI is InChI=1S/C20H21NO4/c22-20(21-16-9-10-23-17-4-2-1-3-15(16)17)8-6-14-5-7-18-19(13-14)25-12-11-24-18/h1-5,7,13,16H,6,8-12H2,(H,21,22). The molecular formula is C20H21NO4. The van der Waals surface area contributed by atoms with Gasteiger partial charge < -0.3 is 19.5 Å². The summed E-state index contributed by atoms with van der Waals surface area (Å²) in [5.41, 5.74) is 2.13. The van der Waals surface area contributed by atoms with Crippen molar-refractivity contribution in [3.05, 3.63) is 53.6 Å². The molecule has 0 radical (unpaired) electrons. The summed E-state index contributed by atoms with van der Waals surface area (Å²) in [7, 11) is 0. The molecule has 4 rings (SSSR count). The smallest absolute Gasteiger partial charge is 0.220 e. The highest BCUT2D eigenvalue weighted by Gasteiger charge is 2.22. The third kappa shape index (κ3) is 3.55. The molecule has 1 N–H and O–H groups in total. The first-order valence-electron chi connectivity index (χ1n) is 8.69. The molecule has 2 aromatic carbocycles. The first-order chi connectivity index (χ1) is 12.3. The lowest BCUT2D eigenvalue weighted by Crippen LogP contribution is -2.32. The van der Waals surface area contributed by atoms with Gasteiger partial charge in [-0.2, -0.15) is 0 Å². The maximum Gasteiger partial charge on any atom is 0.220 e. The van der Waals surface area contributed by atoms with Gasteiger partial charge in [0.1, 0.15) is 19.0 Å². The molecule has 0 saturated heterocycles. The van der Waals surface area contributed by atoms with Crippen molar-refractivity contribution >= 4 is 5.91 Å². The largest absolute Gasteiger partial charge is 0.493 e. The van der Waals surface area contributed by atoms with Gasteiger partial charge >= 0.3 is 0 Å². The molecule has 2 heterocycles. The van der Waals surface area contributed by atoms with E-state index in [1.54, 1.807) is 0 Å². The van der Waals surface area contributed by atoms with Crippen LogP contribution in [0.25, 0.3) is 0 Å². The van der Waals surface area contributed by atoms with Gasteiger partial charge in [0.25, 0.3) is 0 Å². The molecule has 0 aliphatic carbocycles. The Kier molecular flexibility index (Phi) is 4.46. The van der Waals surface area contributed by atoms with Gasteiger partial charge in [-0.3, -0.25) is 4.79 Å². The van der Waals surface area contributed by atoms with Crippen molar-refractivity contribution < 1.29 is 19.0 Å². The fourth-order valence-electron chi connectivity index (χ4n) is 3.26. The third-order valence-electron chi connectivity index (χ3n) is 4.54. The van der Waals surface area contributed by atoms with Crippen molar-refractivity contribution in [2.45, 2.75) is 25.3 Å². The van der Waals surface area contributed by atoms with Crippen LogP contribution in [0.2, 0.25) is 0 Å². The summed E-state index contributed by atoms with van der Waals surface area (Å²) in [4.78, 5) is 12.4. The molecule has 0 aromatic heterocycles. The SMILES string of the molecule is O=C(CCc1ccc2c(c1)OCCO2)NC1CCOc2ccccc21. The first kappa shape index (κ1) is 15.8. The molecule has 0 bridgehead atoms. The molecule has 1 unspecified atom stereocenters. The zero-order valence-corrected chi connectivity index (χ0v) is 14.0. The summed E-state index contributed by atoms with van der Waals surface area (Å²) < 4.78 is 16.8. The van der Waals surface area contributed by atoms with Gasteiger partial charge in [-0.05, 0) is 30.2 Å². The van der Waals surface area contributed by atoms with Crippen LogP contribution in [0.1, 0.15) is 30.0 Å². The minimum absolute atomic E-state index is 0.0257. The minimum atomic E-state index is 0.0257. The van der Waals surface area contributed by atoms with Gasteiger partial charge in [0.2, 0.25) is 5.91 Å². The molecule has 2 aliphatic heterocycles. The van der Waals surface area contributed by atoms with E-state index in [0.717, 1.165) is 34.8 Å². The monoisotopic (exact) mass is 339 g/mol. The van der Waals surface area contributed by atoms with E-state index in [-0.39, 0.29) is 11.9 Å². The van der Waals surface area contributed by atoms with Crippen LogP contribution in [0.3, 0.4) is 0 Å². The number of aryl methyl sites for hydroxylation is 1. The molecule has 0 saturated carbocycles. The maximum atomic E-state index is 12.4. The molecule has 0 fully saturated rings. The zero-order valence-electron chi connectivity index (χ0n) is 14.0. The Morgan fingerprint density at radius 1 is 0.960 bits per heavy atom. The van der Waals surface area contributed by atoms with E-state index < -0.39 is 0 Å². The molecule has 25 heavy (non-hydrogen) atoms. The fourth-order valence-corrected chi connectivity index (χ4v) is 3.26. The molecule has 2 aromatic rings. The van der Waals surface area contributed by atoms with E-state index >= 15 is 0 Å². The summed E-state index contributed by atoms with van der Waals surface area (Å²) >= 11 is 0. The summed E-state index contributed by atoms with van der Waals surface area (Å²) in [6.07, 6.45) is 1.92. The van der Waals surface area contributed by atoms with Crippen LogP contribution >= 0.6 is 0 Å². The van der Waals surface area contributed by atoms with Crippen molar-refractivity contribution in [2.24, 2.45) is 0 Å². The number of rotatable bonds is 4. The molecule has 5 heteroatoms. The topological polar surface area (TPSA) is 56.8 Å². The van der Waals surface area contributed by atoms with Crippen molar-refractivity contribution in [3.8, 4) is 17.2 Å². The summed E-state index contributed by atoms with van der Waals surface area (Å²) in [6, 6.07) is 13.8. The summed E-state index contributed by atoms with van der Waals surface area (Å²) in [6.45, 7) is 1.78. The van der Waals surface area contributed by atoms with E-state index in [9.17, 15) is 4.79 Å². The molecule has 1 amide bonds. The van der Waals surface area contributed by atoms with Crippen LogP contribution < -0.4 is 19.5 Å².